The van der Waals surface area contributed by atoms with E-state index in [2.05, 4.69) is 6.92 Å². The van der Waals surface area contributed by atoms with Crippen LogP contribution in [-0.2, 0) is 0 Å². The number of benzene rings is 2. The summed E-state index contributed by atoms with van der Waals surface area (Å²) in [7, 11) is 0. The van der Waals surface area contributed by atoms with E-state index < -0.39 is 0 Å². The summed E-state index contributed by atoms with van der Waals surface area (Å²) >= 11 is 0. The third-order valence-corrected chi connectivity index (χ3v) is 2.95. The van der Waals surface area contributed by atoms with Crippen molar-refractivity contribution in [3.8, 4) is 17.2 Å². The Balaban J connectivity index is 2.16. The summed E-state index contributed by atoms with van der Waals surface area (Å²) in [4.78, 5) is 0. The Bertz CT molecular complexity index is 621. The van der Waals surface area contributed by atoms with Gasteiger partial charge in [-0.25, -0.2) is 0 Å². The summed E-state index contributed by atoms with van der Waals surface area (Å²) in [6.07, 6.45) is 0.976. The first-order valence-corrected chi connectivity index (χ1v) is 6.96. The average molecular weight is 284 g/mol. The van der Waals surface area contributed by atoms with Crippen molar-refractivity contribution < 1.29 is 9.47 Å². The van der Waals surface area contributed by atoms with Gasteiger partial charge >= 0.3 is 0 Å². The molecule has 4 heteroatoms. The summed E-state index contributed by atoms with van der Waals surface area (Å²) in [5.74, 6) is 2.08. The first kappa shape index (κ1) is 14.9. The number of nitrogens with one attached hydrogen (secondary N) is 1. The van der Waals surface area contributed by atoms with Gasteiger partial charge in [0.15, 0.2) is 0 Å². The van der Waals surface area contributed by atoms with Crippen LogP contribution in [0.15, 0.2) is 42.5 Å². The van der Waals surface area contributed by atoms with Crippen LogP contribution in [0.2, 0.25) is 0 Å². The molecule has 2 aromatic rings. The highest BCUT2D eigenvalue weighted by Crippen LogP contribution is 2.27. The molecule has 21 heavy (non-hydrogen) atoms. The van der Waals surface area contributed by atoms with Crippen LogP contribution in [0.5, 0.6) is 17.2 Å². The Hall–Kier alpha value is -2.49. The van der Waals surface area contributed by atoms with Crippen molar-refractivity contribution in [3.63, 3.8) is 0 Å². The van der Waals surface area contributed by atoms with Crippen LogP contribution in [-0.4, -0.2) is 12.4 Å². The molecule has 0 heterocycles. The first-order chi connectivity index (χ1) is 10.1. The quantitative estimate of drug-likeness (QED) is 0.625. The minimum atomic E-state index is -0.00315. The first-order valence-electron chi connectivity index (χ1n) is 6.96. The second kappa shape index (κ2) is 6.79. The van der Waals surface area contributed by atoms with Crippen LogP contribution in [0.3, 0.4) is 0 Å². The zero-order valence-electron chi connectivity index (χ0n) is 12.3. The van der Waals surface area contributed by atoms with E-state index in [1.54, 1.807) is 0 Å². The van der Waals surface area contributed by atoms with Gasteiger partial charge in [-0.1, -0.05) is 18.6 Å². The molecule has 0 radical (unpaired) electrons. The third kappa shape index (κ3) is 3.99. The van der Waals surface area contributed by atoms with Crippen LogP contribution in [0, 0.1) is 12.3 Å². The van der Waals surface area contributed by atoms with Gasteiger partial charge in [0.1, 0.15) is 23.1 Å². The van der Waals surface area contributed by atoms with E-state index in [-0.39, 0.29) is 5.84 Å². The van der Waals surface area contributed by atoms with Gasteiger partial charge < -0.3 is 15.2 Å². The molecule has 0 unspecified atom stereocenters. The molecule has 0 amide bonds. The highest BCUT2D eigenvalue weighted by molar-refractivity contribution is 5.97. The third-order valence-electron chi connectivity index (χ3n) is 2.95. The number of hydrogen-bond acceptors (Lipinski definition) is 3. The maximum absolute atomic E-state index is 7.63. The van der Waals surface area contributed by atoms with E-state index in [1.807, 2.05) is 49.4 Å². The van der Waals surface area contributed by atoms with Crippen LogP contribution >= 0.6 is 0 Å². The van der Waals surface area contributed by atoms with Crippen molar-refractivity contribution in [1.29, 1.82) is 5.41 Å². The largest absolute Gasteiger partial charge is 0.494 e. The highest BCUT2D eigenvalue weighted by atomic mass is 16.5. The molecule has 2 aromatic carbocycles. The van der Waals surface area contributed by atoms with Gasteiger partial charge in [0.2, 0.25) is 0 Å². The Morgan fingerprint density at radius 2 is 1.76 bits per heavy atom. The number of amidine groups is 1. The van der Waals surface area contributed by atoms with E-state index in [4.69, 9.17) is 20.6 Å². The number of nitrogens with two attached hydrogens (primary N) is 1. The predicted octanol–water partition coefficient (Wildman–Crippen LogP) is 3.86. The molecule has 0 bridgehead atoms. The summed E-state index contributed by atoms with van der Waals surface area (Å²) in [6.45, 7) is 4.72. The second-order valence-corrected chi connectivity index (χ2v) is 4.84. The molecule has 0 fully saturated rings. The normalized spacial score (nSPS) is 10.2. The van der Waals surface area contributed by atoms with Crippen LogP contribution in [0.25, 0.3) is 0 Å². The summed E-state index contributed by atoms with van der Waals surface area (Å²) in [5.41, 5.74) is 7.24. The highest BCUT2D eigenvalue weighted by Gasteiger charge is 2.08. The monoisotopic (exact) mass is 284 g/mol. The van der Waals surface area contributed by atoms with Crippen molar-refractivity contribution in [1.82, 2.24) is 0 Å². The lowest BCUT2D eigenvalue weighted by molar-refractivity contribution is 0.317. The number of aryl methyl sites for hydroxylation is 1. The van der Waals surface area contributed by atoms with Gasteiger partial charge in [0, 0.05) is 0 Å². The minimum Gasteiger partial charge on any atom is -0.494 e. The number of nitrogen functional groups attached to an aromatic ring is 1. The Morgan fingerprint density at radius 1 is 1.10 bits per heavy atom. The van der Waals surface area contributed by atoms with Gasteiger partial charge in [0.25, 0.3) is 0 Å². The van der Waals surface area contributed by atoms with Gasteiger partial charge in [0.05, 0.1) is 12.2 Å². The molecule has 2 rings (SSSR count). The van der Waals surface area contributed by atoms with Gasteiger partial charge in [-0.3, -0.25) is 5.41 Å². The average Bonchev–Trinajstić information content (AvgIpc) is 2.48. The molecule has 0 aliphatic heterocycles. The molecule has 110 valence electrons. The van der Waals surface area contributed by atoms with Crippen molar-refractivity contribution in [2.75, 3.05) is 6.61 Å². The van der Waals surface area contributed by atoms with Crippen LogP contribution in [0.1, 0.15) is 24.5 Å². The maximum atomic E-state index is 7.63. The fraction of sp³-hybridized carbons (Fsp3) is 0.235. The van der Waals surface area contributed by atoms with Crippen LogP contribution < -0.4 is 15.2 Å². The van der Waals surface area contributed by atoms with Crippen molar-refractivity contribution in [2.45, 2.75) is 20.3 Å². The molecular formula is C17H20N2O2. The molecule has 0 saturated heterocycles. The van der Waals surface area contributed by atoms with Crippen molar-refractivity contribution >= 4 is 5.84 Å². The summed E-state index contributed by atoms with van der Waals surface area (Å²) in [6, 6.07) is 13.0. The van der Waals surface area contributed by atoms with Gasteiger partial charge in [-0.2, -0.15) is 0 Å². The van der Waals surface area contributed by atoms with Gasteiger partial charge in [-0.15, -0.1) is 0 Å². The molecule has 0 spiro atoms. The van der Waals surface area contributed by atoms with E-state index in [0.717, 1.165) is 17.7 Å². The zero-order valence-corrected chi connectivity index (χ0v) is 12.3. The minimum absolute atomic E-state index is 0.00315. The van der Waals surface area contributed by atoms with E-state index in [9.17, 15) is 0 Å². The molecule has 0 atom stereocenters. The number of ether oxygens (including phenoxy) is 2. The molecule has 0 aliphatic carbocycles. The fourth-order valence-corrected chi connectivity index (χ4v) is 1.89. The Kier molecular flexibility index (Phi) is 4.82. The second-order valence-electron chi connectivity index (χ2n) is 4.84. The maximum Gasteiger partial charge on any atom is 0.138 e. The topological polar surface area (TPSA) is 68.3 Å². The Labute approximate surface area is 125 Å². The van der Waals surface area contributed by atoms with Crippen molar-refractivity contribution in [3.05, 3.63) is 53.6 Å². The molecule has 4 nitrogen and oxygen atoms in total. The Morgan fingerprint density at radius 3 is 2.38 bits per heavy atom. The standard InChI is InChI=1S/C17H20N2O2/c1-3-10-20-13-5-7-14(8-6-13)21-16-9-4-12(2)11-15(16)17(18)19/h4-9,11H,3,10H2,1-2H3,(H3,18,19). The van der Waals surface area contributed by atoms with E-state index in [1.165, 1.54) is 0 Å². The summed E-state index contributed by atoms with van der Waals surface area (Å²) < 4.78 is 11.3. The van der Waals surface area contributed by atoms with Gasteiger partial charge in [-0.05, 0) is 49.7 Å². The van der Waals surface area contributed by atoms with Crippen LogP contribution in [0.4, 0.5) is 0 Å². The molecule has 0 saturated carbocycles. The zero-order chi connectivity index (χ0) is 15.2. The predicted molar refractivity (Wildman–Crippen MR) is 84.5 cm³/mol. The lowest BCUT2D eigenvalue weighted by atomic mass is 10.1. The fourth-order valence-electron chi connectivity index (χ4n) is 1.89. The molecular weight excluding hydrogens is 264 g/mol. The number of hydrogen-bond donors (Lipinski definition) is 2. The van der Waals surface area contributed by atoms with E-state index >= 15 is 0 Å². The summed E-state index contributed by atoms with van der Waals surface area (Å²) in [5, 5.41) is 7.63. The lowest BCUT2D eigenvalue weighted by Crippen LogP contribution is -2.12. The molecule has 3 N–H and O–H groups in total. The van der Waals surface area contributed by atoms with Crippen molar-refractivity contribution in [2.24, 2.45) is 5.73 Å². The smallest absolute Gasteiger partial charge is 0.138 e. The molecule has 0 aliphatic rings. The lowest BCUT2D eigenvalue weighted by Gasteiger charge is -2.12. The number of rotatable bonds is 6. The SMILES string of the molecule is CCCOc1ccc(Oc2ccc(C)cc2C(=N)N)cc1. The van der Waals surface area contributed by atoms with E-state index in [0.29, 0.717) is 23.7 Å². The molecule has 0 aromatic heterocycles.